The molecule has 0 aliphatic heterocycles. The van der Waals surface area contributed by atoms with Gasteiger partial charge in [-0.05, 0) is 61.8 Å². The number of aromatic nitrogens is 1. The van der Waals surface area contributed by atoms with Crippen molar-refractivity contribution in [3.63, 3.8) is 0 Å². The third-order valence-electron chi connectivity index (χ3n) is 4.84. The minimum absolute atomic E-state index is 0. The molecule has 3 rings (SSSR count). The van der Waals surface area contributed by atoms with E-state index in [9.17, 15) is 0 Å². The molecule has 0 amide bonds. The van der Waals surface area contributed by atoms with Crippen LogP contribution in [0, 0.1) is 11.8 Å². The average Bonchev–Trinajstić information content (AvgIpc) is 2.64. The Kier molecular flexibility index (Phi) is 8.22. The maximum absolute atomic E-state index is 3.32. The molecule has 1 aromatic carbocycles. The number of nitrogens with zero attached hydrogens (tertiary/aromatic N) is 1. The van der Waals surface area contributed by atoms with E-state index in [-0.39, 0.29) is 17.0 Å². The summed E-state index contributed by atoms with van der Waals surface area (Å²) in [5.74, 6) is 6.62. The topological polar surface area (TPSA) is 3.88 Å². The molecule has 0 saturated carbocycles. The molecule has 0 atom stereocenters. The number of aryl methyl sites for hydroxylation is 4. The molecule has 0 bridgehead atoms. The van der Waals surface area contributed by atoms with E-state index in [4.69, 9.17) is 0 Å². The van der Waals surface area contributed by atoms with Crippen LogP contribution in [0.3, 0.4) is 0 Å². The van der Waals surface area contributed by atoms with Crippen LogP contribution in [0.5, 0.6) is 0 Å². The van der Waals surface area contributed by atoms with Crippen molar-refractivity contribution in [2.45, 2.75) is 64.8 Å². The van der Waals surface area contributed by atoms with Gasteiger partial charge >= 0.3 is 0 Å². The van der Waals surface area contributed by atoms with Crippen molar-refractivity contribution in [2.24, 2.45) is 0 Å². The predicted molar refractivity (Wildman–Crippen MR) is 99.8 cm³/mol. The van der Waals surface area contributed by atoms with Crippen LogP contribution in [-0.4, -0.2) is 0 Å². The smallest absolute Gasteiger partial charge is 0.172 e. The molecule has 1 aliphatic carbocycles. The van der Waals surface area contributed by atoms with E-state index in [0.29, 0.717) is 0 Å². The average molecular weight is 398 g/mol. The molecule has 132 valence electrons. The molecule has 0 fully saturated rings. The predicted octanol–water partition coefficient (Wildman–Crippen LogP) is 1.64. The third kappa shape index (κ3) is 6.01. The van der Waals surface area contributed by atoms with Gasteiger partial charge in [0, 0.05) is 17.2 Å². The van der Waals surface area contributed by atoms with Crippen LogP contribution in [0.25, 0.3) is 0 Å². The van der Waals surface area contributed by atoms with Crippen LogP contribution in [0.2, 0.25) is 0 Å². The lowest BCUT2D eigenvalue weighted by Gasteiger charge is -2.13. The Balaban J connectivity index is 0.00000225. The molecule has 2 heteroatoms. The summed E-state index contributed by atoms with van der Waals surface area (Å²) in [4.78, 5) is 0. The minimum atomic E-state index is 0. The molecule has 1 nitrogen and oxygen atoms in total. The van der Waals surface area contributed by atoms with Gasteiger partial charge in [-0.25, -0.2) is 4.57 Å². The van der Waals surface area contributed by atoms with Crippen LogP contribution in [0.1, 0.15) is 61.3 Å². The highest BCUT2D eigenvalue weighted by Gasteiger charge is 2.12. The minimum Gasteiger partial charge on any atom is -1.00 e. The van der Waals surface area contributed by atoms with Crippen molar-refractivity contribution in [1.82, 2.24) is 0 Å². The molecule has 1 heterocycles. The molecule has 1 aromatic heterocycles. The quantitative estimate of drug-likeness (QED) is 0.533. The first kappa shape index (κ1) is 19.7. The van der Waals surface area contributed by atoms with E-state index in [0.717, 1.165) is 18.5 Å². The Morgan fingerprint density at radius 2 is 1.76 bits per heavy atom. The van der Waals surface area contributed by atoms with Crippen LogP contribution < -0.4 is 21.5 Å². The second kappa shape index (κ2) is 10.4. The van der Waals surface area contributed by atoms with E-state index >= 15 is 0 Å². The number of hydrogen-bond acceptors (Lipinski definition) is 0. The zero-order valence-corrected chi connectivity index (χ0v) is 16.8. The number of halogens is 1. The van der Waals surface area contributed by atoms with Gasteiger partial charge in [-0.2, -0.15) is 0 Å². The maximum Gasteiger partial charge on any atom is 0.172 e. The van der Waals surface area contributed by atoms with Crippen LogP contribution in [0.4, 0.5) is 0 Å². The molecule has 0 spiro atoms. The summed E-state index contributed by atoms with van der Waals surface area (Å²) in [5.41, 5.74) is 5.64. The van der Waals surface area contributed by atoms with Gasteiger partial charge in [0.2, 0.25) is 0 Å². The zero-order chi connectivity index (χ0) is 16.6. The van der Waals surface area contributed by atoms with Crippen molar-refractivity contribution < 1.29 is 21.5 Å². The normalized spacial score (nSPS) is 12.5. The van der Waals surface area contributed by atoms with Gasteiger partial charge < -0.3 is 17.0 Å². The Labute approximate surface area is 163 Å². The largest absolute Gasteiger partial charge is 1.00 e. The molecule has 25 heavy (non-hydrogen) atoms. The van der Waals surface area contributed by atoms with E-state index < -0.39 is 0 Å². The van der Waals surface area contributed by atoms with Crippen LogP contribution >= 0.6 is 0 Å². The first-order valence-electron chi connectivity index (χ1n) is 9.44. The highest BCUT2D eigenvalue weighted by Crippen LogP contribution is 2.18. The molecule has 0 unspecified atom stereocenters. The van der Waals surface area contributed by atoms with Gasteiger partial charge in [0.05, 0.1) is 6.42 Å². The van der Waals surface area contributed by atoms with Crippen LogP contribution in [0.15, 0.2) is 42.7 Å². The summed E-state index contributed by atoms with van der Waals surface area (Å²) < 4.78 is 2.30. The number of fused-ring (bicyclic) bond motifs is 1. The van der Waals surface area contributed by atoms with E-state index in [2.05, 4.69) is 66.1 Å². The summed E-state index contributed by atoms with van der Waals surface area (Å²) in [6, 6.07) is 11.1. The first-order chi connectivity index (χ1) is 11.8. The molecule has 0 N–H and O–H groups in total. The lowest BCUT2D eigenvalue weighted by atomic mass is 9.93. The lowest BCUT2D eigenvalue weighted by Crippen LogP contribution is -3.00. The maximum atomic E-state index is 3.32. The van der Waals surface area contributed by atoms with Gasteiger partial charge in [0.1, 0.15) is 0 Å². The van der Waals surface area contributed by atoms with Gasteiger partial charge in [-0.1, -0.05) is 37.3 Å². The fourth-order valence-electron chi connectivity index (χ4n) is 3.34. The number of hydrogen-bond donors (Lipinski definition) is 0. The third-order valence-corrected chi connectivity index (χ3v) is 4.84. The highest BCUT2D eigenvalue weighted by atomic mass is 79.9. The van der Waals surface area contributed by atoms with Crippen molar-refractivity contribution in [2.75, 3.05) is 0 Å². The summed E-state index contributed by atoms with van der Waals surface area (Å²) >= 11 is 0. The second-order valence-electron chi connectivity index (χ2n) is 6.79. The number of unbranched alkanes of at least 4 members (excludes halogenated alkanes) is 1. The van der Waals surface area contributed by atoms with E-state index in [1.807, 2.05) is 0 Å². The molecule has 1 aliphatic rings. The van der Waals surface area contributed by atoms with Crippen molar-refractivity contribution in [3.8, 4) is 11.8 Å². The standard InChI is InChI=1S/C23H28N.BrH/c1-2-3-8-20-12-14-21(15-13-20)9-6-7-17-24-18-16-22-10-4-5-11-23(22)19-24;/h12-16,18-19H,2-5,7-8,10-11,17H2,1H3;1H/q+1;/p-1. The number of pyridine rings is 1. The first-order valence-corrected chi connectivity index (χ1v) is 9.44. The zero-order valence-electron chi connectivity index (χ0n) is 15.2. The molecular weight excluding hydrogens is 370 g/mol. The second-order valence-corrected chi connectivity index (χ2v) is 6.79. The van der Waals surface area contributed by atoms with Crippen molar-refractivity contribution in [1.29, 1.82) is 0 Å². The SMILES string of the molecule is CCCCc1ccc(C#CCC[n+]2ccc3c(c2)CCCC3)cc1.[Br-]. The molecular formula is C23H28BrN. The van der Waals surface area contributed by atoms with Crippen molar-refractivity contribution >= 4 is 0 Å². The van der Waals surface area contributed by atoms with E-state index in [1.54, 1.807) is 11.1 Å². The lowest BCUT2D eigenvalue weighted by molar-refractivity contribution is -0.696. The fourth-order valence-corrected chi connectivity index (χ4v) is 3.34. The summed E-state index contributed by atoms with van der Waals surface area (Å²) in [6.07, 6.45) is 14.3. The van der Waals surface area contributed by atoms with E-state index in [1.165, 1.54) is 50.5 Å². The Bertz CT molecular complexity index is 722. The molecule has 0 radical (unpaired) electrons. The Morgan fingerprint density at radius 1 is 1.00 bits per heavy atom. The fraction of sp³-hybridized carbons (Fsp3) is 0.435. The van der Waals surface area contributed by atoms with Crippen molar-refractivity contribution in [3.05, 3.63) is 65.0 Å². The van der Waals surface area contributed by atoms with Crippen LogP contribution in [-0.2, 0) is 25.8 Å². The van der Waals surface area contributed by atoms with Gasteiger partial charge in [-0.3, -0.25) is 0 Å². The monoisotopic (exact) mass is 397 g/mol. The van der Waals surface area contributed by atoms with Gasteiger partial charge in [0.15, 0.2) is 18.9 Å². The Morgan fingerprint density at radius 3 is 2.52 bits per heavy atom. The molecule has 2 aromatic rings. The number of rotatable bonds is 5. The van der Waals surface area contributed by atoms with Gasteiger partial charge in [-0.15, -0.1) is 0 Å². The number of benzene rings is 1. The summed E-state index contributed by atoms with van der Waals surface area (Å²) in [6.45, 7) is 3.22. The van der Waals surface area contributed by atoms with Gasteiger partial charge in [0.25, 0.3) is 0 Å². The summed E-state index contributed by atoms with van der Waals surface area (Å²) in [5, 5.41) is 0. The summed E-state index contributed by atoms with van der Waals surface area (Å²) in [7, 11) is 0. The highest BCUT2D eigenvalue weighted by molar-refractivity contribution is 5.36. The molecule has 0 saturated heterocycles. The Hall–Kier alpha value is -1.59.